The van der Waals surface area contributed by atoms with Crippen molar-refractivity contribution in [3.05, 3.63) is 46.6 Å². The average molecular weight is 156 g/mol. The van der Waals surface area contributed by atoms with Crippen LogP contribution in [0.2, 0.25) is 0 Å². The van der Waals surface area contributed by atoms with Crippen LogP contribution >= 0.6 is 0 Å². The molecule has 0 amide bonds. The van der Waals surface area contributed by atoms with Gasteiger partial charge in [0.25, 0.3) is 0 Å². The summed E-state index contributed by atoms with van der Waals surface area (Å²) in [4.78, 5) is 0. The minimum Gasteiger partial charge on any atom is -0.0738 e. The molecule has 3 aliphatic rings. The van der Waals surface area contributed by atoms with Gasteiger partial charge in [0.15, 0.2) is 0 Å². The maximum absolute atomic E-state index is 2.32. The molecule has 0 N–H and O–H groups in total. The molecule has 0 spiro atoms. The zero-order valence-electron chi connectivity index (χ0n) is 7.52. The lowest BCUT2D eigenvalue weighted by Crippen LogP contribution is -2.08. The molecule has 0 saturated carbocycles. The molecule has 0 aromatic rings. The molecule has 0 aromatic heterocycles. The zero-order chi connectivity index (χ0) is 8.34. The van der Waals surface area contributed by atoms with Crippen molar-refractivity contribution in [3.8, 4) is 0 Å². The summed E-state index contributed by atoms with van der Waals surface area (Å²) in [6.07, 6.45) is 10.4. The first-order valence-electron chi connectivity index (χ1n) is 4.53. The largest absolute Gasteiger partial charge is 0.0738 e. The fraction of sp³-hybridized carbons (Fsp3) is 0.333. The summed E-state index contributed by atoms with van der Waals surface area (Å²) >= 11 is 0. The first kappa shape index (κ1) is 6.47. The topological polar surface area (TPSA) is 0 Å². The molecule has 0 heteroatoms. The molecule has 60 valence electrons. The average Bonchev–Trinajstić information content (AvgIpc) is 2.61. The molecular weight excluding hydrogens is 144 g/mol. The van der Waals surface area contributed by atoms with Gasteiger partial charge in [-0.05, 0) is 28.7 Å². The molecule has 0 heterocycles. The van der Waals surface area contributed by atoms with E-state index in [0.29, 0.717) is 0 Å². The van der Waals surface area contributed by atoms with E-state index in [2.05, 4.69) is 38.2 Å². The van der Waals surface area contributed by atoms with Crippen molar-refractivity contribution in [2.45, 2.75) is 20.3 Å². The predicted molar refractivity (Wildman–Crippen MR) is 50.7 cm³/mol. The van der Waals surface area contributed by atoms with Gasteiger partial charge in [-0.25, -0.2) is 0 Å². The number of rotatable bonds is 0. The molecule has 0 nitrogen and oxygen atoms in total. The van der Waals surface area contributed by atoms with Crippen molar-refractivity contribution in [1.29, 1.82) is 0 Å². The fourth-order valence-corrected chi connectivity index (χ4v) is 2.54. The number of allylic oxidation sites excluding steroid dienone is 8. The third kappa shape index (κ3) is 0.556. The highest BCUT2D eigenvalue weighted by atomic mass is 14.4. The Morgan fingerprint density at radius 3 is 2.58 bits per heavy atom. The zero-order valence-corrected chi connectivity index (χ0v) is 7.52. The molecule has 3 rings (SSSR count). The third-order valence-corrected chi connectivity index (χ3v) is 3.11. The van der Waals surface area contributed by atoms with Gasteiger partial charge < -0.3 is 0 Å². The predicted octanol–water partition coefficient (Wildman–Crippen LogP) is 3.15. The summed E-state index contributed by atoms with van der Waals surface area (Å²) in [5, 5.41) is 0. The third-order valence-electron chi connectivity index (χ3n) is 3.11. The van der Waals surface area contributed by atoms with Crippen LogP contribution in [0.15, 0.2) is 46.6 Å². The molecule has 0 fully saturated rings. The summed E-state index contributed by atoms with van der Waals surface area (Å²) in [6, 6.07) is 0. The second-order valence-corrected chi connectivity index (χ2v) is 4.40. The molecule has 2 bridgehead atoms. The van der Waals surface area contributed by atoms with E-state index in [0.717, 1.165) is 0 Å². The number of fused-ring (bicyclic) bond motifs is 3. The summed E-state index contributed by atoms with van der Waals surface area (Å²) in [5.74, 6) is 0. The van der Waals surface area contributed by atoms with Crippen molar-refractivity contribution in [1.82, 2.24) is 0 Å². The van der Waals surface area contributed by atoms with Crippen LogP contribution in [-0.2, 0) is 0 Å². The molecule has 0 radical (unpaired) electrons. The van der Waals surface area contributed by atoms with E-state index < -0.39 is 0 Å². The van der Waals surface area contributed by atoms with Crippen molar-refractivity contribution < 1.29 is 0 Å². The number of hydrogen-bond donors (Lipinski definition) is 0. The highest BCUT2D eigenvalue weighted by Crippen LogP contribution is 2.51. The van der Waals surface area contributed by atoms with E-state index in [1.165, 1.54) is 17.6 Å². The SMILES string of the molecule is CC1(C)C=CC2=C3C=CC(=C21)C3. The Morgan fingerprint density at radius 2 is 1.83 bits per heavy atom. The first-order valence-corrected chi connectivity index (χ1v) is 4.53. The lowest BCUT2D eigenvalue weighted by molar-refractivity contribution is 0.603. The molecule has 3 aliphatic carbocycles. The van der Waals surface area contributed by atoms with Crippen LogP contribution in [0.3, 0.4) is 0 Å². The summed E-state index contributed by atoms with van der Waals surface area (Å²) in [6.45, 7) is 4.60. The Balaban J connectivity index is 2.33. The van der Waals surface area contributed by atoms with Gasteiger partial charge in [0.05, 0.1) is 0 Å². The van der Waals surface area contributed by atoms with Crippen LogP contribution in [-0.4, -0.2) is 0 Å². The lowest BCUT2D eigenvalue weighted by Gasteiger charge is -2.19. The molecule has 0 saturated heterocycles. The van der Waals surface area contributed by atoms with Gasteiger partial charge in [0, 0.05) is 5.41 Å². The Morgan fingerprint density at radius 1 is 1.08 bits per heavy atom. The second-order valence-electron chi connectivity index (χ2n) is 4.40. The van der Waals surface area contributed by atoms with Gasteiger partial charge >= 0.3 is 0 Å². The summed E-state index contributed by atoms with van der Waals surface area (Å²) in [7, 11) is 0. The van der Waals surface area contributed by atoms with Gasteiger partial charge in [0.1, 0.15) is 0 Å². The summed E-state index contributed by atoms with van der Waals surface area (Å²) in [5.41, 5.74) is 6.46. The van der Waals surface area contributed by atoms with E-state index in [9.17, 15) is 0 Å². The van der Waals surface area contributed by atoms with Crippen LogP contribution in [0.5, 0.6) is 0 Å². The van der Waals surface area contributed by atoms with Crippen LogP contribution < -0.4 is 0 Å². The van der Waals surface area contributed by atoms with E-state index in [1.54, 1.807) is 11.1 Å². The fourth-order valence-electron chi connectivity index (χ4n) is 2.54. The number of hydrogen-bond acceptors (Lipinski definition) is 0. The quantitative estimate of drug-likeness (QED) is 0.505. The lowest BCUT2D eigenvalue weighted by atomic mass is 9.84. The van der Waals surface area contributed by atoms with E-state index in [-0.39, 0.29) is 5.41 Å². The van der Waals surface area contributed by atoms with Gasteiger partial charge in [-0.1, -0.05) is 38.2 Å². The second kappa shape index (κ2) is 1.66. The smallest absolute Gasteiger partial charge is 0.00875 e. The Bertz CT molecular complexity index is 384. The van der Waals surface area contributed by atoms with Crippen LogP contribution in [0.4, 0.5) is 0 Å². The molecule has 0 atom stereocenters. The van der Waals surface area contributed by atoms with Gasteiger partial charge in [0.2, 0.25) is 0 Å². The maximum Gasteiger partial charge on any atom is 0.00875 e. The van der Waals surface area contributed by atoms with Crippen LogP contribution in [0.25, 0.3) is 0 Å². The monoisotopic (exact) mass is 156 g/mol. The van der Waals surface area contributed by atoms with Gasteiger partial charge in [-0.15, -0.1) is 0 Å². The minimum absolute atomic E-state index is 0.289. The maximum atomic E-state index is 2.32. The van der Waals surface area contributed by atoms with Gasteiger partial charge in [-0.3, -0.25) is 0 Å². The molecular formula is C12H12. The van der Waals surface area contributed by atoms with E-state index in [4.69, 9.17) is 0 Å². The Labute approximate surface area is 73.0 Å². The van der Waals surface area contributed by atoms with Crippen molar-refractivity contribution in [2.24, 2.45) is 5.41 Å². The van der Waals surface area contributed by atoms with Crippen LogP contribution in [0.1, 0.15) is 20.3 Å². The van der Waals surface area contributed by atoms with Crippen molar-refractivity contribution >= 4 is 0 Å². The highest BCUT2D eigenvalue weighted by Gasteiger charge is 2.36. The standard InChI is InChI=1S/C12H12/c1-12(2)6-5-10-8-3-4-9(7-8)11(10)12/h3-6H,7H2,1-2H3. The molecule has 0 aromatic carbocycles. The molecule has 12 heavy (non-hydrogen) atoms. The molecule has 0 unspecified atom stereocenters. The van der Waals surface area contributed by atoms with Crippen molar-refractivity contribution in [3.63, 3.8) is 0 Å². The normalized spacial score (nSPS) is 27.8. The van der Waals surface area contributed by atoms with E-state index >= 15 is 0 Å². The minimum atomic E-state index is 0.289. The Hall–Kier alpha value is -1.04. The molecule has 0 aliphatic heterocycles. The Kier molecular flexibility index (Phi) is 0.894. The van der Waals surface area contributed by atoms with E-state index in [1.807, 2.05) is 0 Å². The van der Waals surface area contributed by atoms with Gasteiger partial charge in [-0.2, -0.15) is 0 Å². The first-order chi connectivity index (χ1) is 5.68. The van der Waals surface area contributed by atoms with Crippen molar-refractivity contribution in [2.75, 3.05) is 0 Å². The highest BCUT2D eigenvalue weighted by molar-refractivity contribution is 5.69. The van der Waals surface area contributed by atoms with Crippen LogP contribution in [0, 0.1) is 5.41 Å². The summed E-state index contributed by atoms with van der Waals surface area (Å²) < 4.78 is 0.